The van der Waals surface area contributed by atoms with Gasteiger partial charge < -0.3 is 9.30 Å². The van der Waals surface area contributed by atoms with Crippen molar-refractivity contribution in [3.8, 4) is 0 Å². The molecule has 0 saturated heterocycles. The number of anilines is 3. The number of nitrogens with one attached hydrogen (secondary N) is 1. The monoisotopic (exact) mass is 390 g/mol. The molecule has 2 aromatic carbocycles. The lowest BCUT2D eigenvalue weighted by molar-refractivity contribution is -0.118. The predicted molar refractivity (Wildman–Crippen MR) is 110 cm³/mol. The van der Waals surface area contributed by atoms with E-state index in [1.807, 2.05) is 36.4 Å². The van der Waals surface area contributed by atoms with Crippen LogP contribution in [0.1, 0.15) is 18.1 Å². The zero-order valence-corrected chi connectivity index (χ0v) is 16.2. The Morgan fingerprint density at radius 1 is 1.10 bits per heavy atom. The van der Waals surface area contributed by atoms with Crippen LogP contribution in [-0.2, 0) is 28.9 Å². The summed E-state index contributed by atoms with van der Waals surface area (Å²) in [6, 6.07) is 13.6. The highest BCUT2D eigenvalue weighted by Crippen LogP contribution is 2.37. The molecule has 0 aliphatic carbocycles. The van der Waals surface area contributed by atoms with Crippen LogP contribution in [0.2, 0.25) is 0 Å². The van der Waals surface area contributed by atoms with Crippen molar-refractivity contribution in [2.45, 2.75) is 26.3 Å². The zero-order chi connectivity index (χ0) is 20.2. The van der Waals surface area contributed by atoms with E-state index in [0.29, 0.717) is 12.3 Å². The Balaban J connectivity index is 1.75. The first kappa shape index (κ1) is 18.7. The third-order valence-electron chi connectivity index (χ3n) is 4.87. The van der Waals surface area contributed by atoms with Crippen molar-refractivity contribution in [1.29, 1.82) is 0 Å². The second-order valence-corrected chi connectivity index (χ2v) is 6.78. The third kappa shape index (κ3) is 3.99. The molecule has 0 saturated carbocycles. The fourth-order valence-corrected chi connectivity index (χ4v) is 3.56. The number of carbonyl (C=O) groups excluding carboxylic acids is 2. The number of hydrogen-bond donors (Lipinski definition) is 1. The Bertz CT molecular complexity index is 1030. The van der Waals surface area contributed by atoms with Gasteiger partial charge in [-0.15, -0.1) is 0 Å². The van der Waals surface area contributed by atoms with E-state index in [9.17, 15) is 9.59 Å². The zero-order valence-electron chi connectivity index (χ0n) is 16.2. The smallest absolute Gasteiger partial charge is 0.411 e. The van der Waals surface area contributed by atoms with E-state index in [1.54, 1.807) is 35.1 Å². The van der Waals surface area contributed by atoms with Crippen molar-refractivity contribution in [2.24, 2.45) is 0 Å². The first-order valence-electron chi connectivity index (χ1n) is 9.59. The number of hydrogen-bond acceptors (Lipinski definition) is 4. The van der Waals surface area contributed by atoms with Gasteiger partial charge in [-0.05, 0) is 49.1 Å². The highest BCUT2D eigenvalue weighted by molar-refractivity contribution is 6.03. The topological polar surface area (TPSA) is 76.5 Å². The lowest BCUT2D eigenvalue weighted by Gasteiger charge is -2.25. The summed E-state index contributed by atoms with van der Waals surface area (Å²) in [7, 11) is 0. The minimum atomic E-state index is -0.516. The maximum absolute atomic E-state index is 13.3. The maximum Gasteiger partial charge on any atom is 0.411 e. The van der Waals surface area contributed by atoms with Crippen molar-refractivity contribution < 1.29 is 14.3 Å². The van der Waals surface area contributed by atoms with E-state index in [0.717, 1.165) is 35.3 Å². The van der Waals surface area contributed by atoms with Crippen molar-refractivity contribution in [3.05, 3.63) is 72.3 Å². The van der Waals surface area contributed by atoms with Gasteiger partial charge in [-0.25, -0.2) is 9.78 Å². The number of benzene rings is 2. The minimum absolute atomic E-state index is 0.0770. The van der Waals surface area contributed by atoms with Gasteiger partial charge in [0.25, 0.3) is 5.91 Å². The molecule has 4 rings (SSSR count). The molecule has 1 aliphatic heterocycles. The number of aromatic nitrogens is 2. The molecule has 7 nitrogen and oxygen atoms in total. The van der Waals surface area contributed by atoms with E-state index >= 15 is 0 Å². The minimum Gasteiger partial charge on any atom is -0.450 e. The van der Waals surface area contributed by atoms with E-state index in [4.69, 9.17) is 4.74 Å². The molecule has 7 heteroatoms. The van der Waals surface area contributed by atoms with Gasteiger partial charge in [-0.3, -0.25) is 15.0 Å². The van der Waals surface area contributed by atoms with Gasteiger partial charge >= 0.3 is 6.09 Å². The van der Waals surface area contributed by atoms with Crippen molar-refractivity contribution in [2.75, 3.05) is 16.8 Å². The van der Waals surface area contributed by atoms with Crippen LogP contribution in [-0.4, -0.2) is 28.2 Å². The first-order valence-corrected chi connectivity index (χ1v) is 9.59. The van der Waals surface area contributed by atoms with Gasteiger partial charge in [-0.1, -0.05) is 24.3 Å². The number of nitrogens with zero attached hydrogens (tertiary/aromatic N) is 3. The molecule has 148 valence electrons. The Labute approximate surface area is 168 Å². The molecular weight excluding hydrogens is 368 g/mol. The fourth-order valence-electron chi connectivity index (χ4n) is 3.56. The Morgan fingerprint density at radius 2 is 1.90 bits per heavy atom. The van der Waals surface area contributed by atoms with Crippen LogP contribution >= 0.6 is 0 Å². The molecule has 0 radical (unpaired) electrons. The molecule has 0 atom stereocenters. The number of imidazole rings is 1. The standard InChI is InChI=1S/C22H22N4O3/c1-2-29-22(28)24-18-10-9-17-8-7-16-5-3-4-6-19(16)26(20(17)13-18)21(27)14-25-12-11-23-15-25/h3-6,9-13,15H,2,7-8,14H2,1H3,(H,24,28). The summed E-state index contributed by atoms with van der Waals surface area (Å²) in [4.78, 5) is 31.0. The molecule has 0 unspecified atom stereocenters. The van der Waals surface area contributed by atoms with E-state index in [1.165, 1.54) is 0 Å². The average Bonchev–Trinajstić information content (AvgIpc) is 3.15. The number of fused-ring (bicyclic) bond motifs is 2. The van der Waals surface area contributed by atoms with E-state index < -0.39 is 6.09 Å². The average molecular weight is 390 g/mol. The van der Waals surface area contributed by atoms with Crippen molar-refractivity contribution in [3.63, 3.8) is 0 Å². The highest BCUT2D eigenvalue weighted by atomic mass is 16.5. The second kappa shape index (κ2) is 8.18. The molecule has 0 bridgehead atoms. The van der Waals surface area contributed by atoms with Gasteiger partial charge in [-0.2, -0.15) is 0 Å². The third-order valence-corrected chi connectivity index (χ3v) is 4.87. The van der Waals surface area contributed by atoms with Gasteiger partial charge in [0.15, 0.2) is 0 Å². The van der Waals surface area contributed by atoms with Gasteiger partial charge in [0.2, 0.25) is 0 Å². The van der Waals surface area contributed by atoms with Crippen molar-refractivity contribution in [1.82, 2.24) is 9.55 Å². The van der Waals surface area contributed by atoms with Gasteiger partial charge in [0.05, 0.1) is 24.3 Å². The summed E-state index contributed by atoms with van der Waals surface area (Å²) in [6.07, 6.45) is 6.17. The van der Waals surface area contributed by atoms with E-state index in [2.05, 4.69) is 16.4 Å². The molecule has 1 aromatic heterocycles. The molecule has 0 spiro atoms. The second-order valence-electron chi connectivity index (χ2n) is 6.78. The predicted octanol–water partition coefficient (Wildman–Crippen LogP) is 3.92. The SMILES string of the molecule is CCOC(=O)Nc1ccc2c(c1)N(C(=O)Cn1ccnc1)c1ccccc1CC2. The molecule has 29 heavy (non-hydrogen) atoms. The Hall–Kier alpha value is -3.61. The lowest BCUT2D eigenvalue weighted by Crippen LogP contribution is -2.30. The van der Waals surface area contributed by atoms with Crippen LogP contribution < -0.4 is 10.2 Å². The number of ether oxygens (including phenoxy) is 1. The lowest BCUT2D eigenvalue weighted by atomic mass is 10.0. The molecule has 2 heterocycles. The van der Waals surface area contributed by atoms with Crippen LogP contribution in [0.4, 0.5) is 21.9 Å². The van der Waals surface area contributed by atoms with Gasteiger partial charge in [0.1, 0.15) is 6.54 Å². The summed E-state index contributed by atoms with van der Waals surface area (Å²) in [5, 5.41) is 2.73. The summed E-state index contributed by atoms with van der Waals surface area (Å²) >= 11 is 0. The summed E-state index contributed by atoms with van der Waals surface area (Å²) in [6.45, 7) is 2.22. The highest BCUT2D eigenvalue weighted by Gasteiger charge is 2.26. The number of carbonyl (C=O) groups is 2. The first-order chi connectivity index (χ1) is 14.2. The molecule has 3 aromatic rings. The maximum atomic E-state index is 13.3. The Kier molecular flexibility index (Phi) is 5.29. The normalized spacial score (nSPS) is 12.5. The molecular formula is C22H22N4O3. The molecule has 0 fully saturated rings. The van der Waals surface area contributed by atoms with Crippen LogP contribution in [0.25, 0.3) is 0 Å². The van der Waals surface area contributed by atoms with Crippen molar-refractivity contribution >= 4 is 29.1 Å². The fraction of sp³-hybridized carbons (Fsp3) is 0.227. The van der Waals surface area contributed by atoms with Gasteiger partial charge in [0, 0.05) is 18.1 Å². The van der Waals surface area contributed by atoms with Crippen LogP contribution in [0, 0.1) is 0 Å². The number of para-hydroxylation sites is 1. The number of rotatable bonds is 4. The molecule has 1 N–H and O–H groups in total. The summed E-state index contributed by atoms with van der Waals surface area (Å²) in [5.41, 5.74) is 4.39. The van der Waals surface area contributed by atoms with Crippen LogP contribution in [0.3, 0.4) is 0 Å². The molecule has 2 amide bonds. The van der Waals surface area contributed by atoms with Crippen LogP contribution in [0.15, 0.2) is 61.2 Å². The largest absolute Gasteiger partial charge is 0.450 e. The summed E-state index contributed by atoms with van der Waals surface area (Å²) in [5.74, 6) is -0.0770. The van der Waals surface area contributed by atoms with Crippen LogP contribution in [0.5, 0.6) is 0 Å². The molecule has 1 aliphatic rings. The van der Waals surface area contributed by atoms with E-state index in [-0.39, 0.29) is 12.5 Å². The summed E-state index contributed by atoms with van der Waals surface area (Å²) < 4.78 is 6.72. The quantitative estimate of drug-likeness (QED) is 0.733. The number of amides is 2. The number of aryl methyl sites for hydroxylation is 2. The Morgan fingerprint density at radius 3 is 2.66 bits per heavy atom.